The third-order valence-corrected chi connectivity index (χ3v) is 10.3. The second kappa shape index (κ2) is 10.1. The van der Waals surface area contributed by atoms with E-state index in [0.717, 1.165) is 38.8 Å². The minimum atomic E-state index is -0.117. The Morgan fingerprint density at radius 3 is 1.82 bits per heavy atom. The van der Waals surface area contributed by atoms with Gasteiger partial charge in [0.25, 0.3) is 5.56 Å². The van der Waals surface area contributed by atoms with E-state index in [2.05, 4.69) is 89.5 Å². The summed E-state index contributed by atoms with van der Waals surface area (Å²) in [7, 11) is 0. The Morgan fingerprint density at radius 2 is 1.04 bits per heavy atom. The van der Waals surface area contributed by atoms with E-state index in [0.29, 0.717) is 17.0 Å². The molecule has 0 saturated carbocycles. The average molecular weight is 639 g/mol. The molecule has 0 saturated heterocycles. The van der Waals surface area contributed by atoms with Crippen LogP contribution in [0.3, 0.4) is 0 Å². The van der Waals surface area contributed by atoms with Gasteiger partial charge >= 0.3 is 0 Å². The average Bonchev–Trinajstić information content (AvgIpc) is 3.46. The van der Waals surface area contributed by atoms with Crippen molar-refractivity contribution in [2.45, 2.75) is 0 Å². The summed E-state index contributed by atoms with van der Waals surface area (Å²) >= 11 is 0. The highest BCUT2D eigenvalue weighted by Crippen LogP contribution is 2.49. The van der Waals surface area contributed by atoms with Gasteiger partial charge in [-0.3, -0.25) is 13.9 Å². The van der Waals surface area contributed by atoms with Crippen molar-refractivity contribution in [1.29, 1.82) is 0 Å². The lowest BCUT2D eigenvalue weighted by Gasteiger charge is -2.18. The molecule has 7 aromatic carbocycles. The van der Waals surface area contributed by atoms with Crippen molar-refractivity contribution in [1.82, 2.24) is 19.1 Å². The Labute approximate surface area is 286 Å². The van der Waals surface area contributed by atoms with Crippen LogP contribution >= 0.6 is 0 Å². The number of rotatable bonds is 3. The molecule has 11 rings (SSSR count). The lowest BCUT2D eigenvalue weighted by Crippen LogP contribution is -2.21. The van der Waals surface area contributed by atoms with E-state index in [1.54, 1.807) is 4.57 Å². The molecule has 5 nitrogen and oxygen atoms in total. The molecule has 5 heteroatoms. The maximum Gasteiger partial charge on any atom is 0.264 e. The van der Waals surface area contributed by atoms with Gasteiger partial charge in [-0.2, -0.15) is 4.98 Å². The second-order valence-corrected chi connectivity index (χ2v) is 12.9. The molecule has 0 aliphatic heterocycles. The summed E-state index contributed by atoms with van der Waals surface area (Å²) in [5.74, 6) is 0.513. The zero-order valence-electron chi connectivity index (χ0n) is 26.7. The largest absolute Gasteiger partial charge is 0.278 e. The first-order valence-corrected chi connectivity index (χ1v) is 16.8. The smallest absolute Gasteiger partial charge is 0.264 e. The Hall–Kier alpha value is -6.85. The number of pyridine rings is 1. The van der Waals surface area contributed by atoms with Gasteiger partial charge in [-0.05, 0) is 63.4 Å². The minimum Gasteiger partial charge on any atom is -0.278 e. The third kappa shape index (κ3) is 3.58. The van der Waals surface area contributed by atoms with E-state index >= 15 is 0 Å². The molecule has 0 radical (unpaired) electrons. The van der Waals surface area contributed by atoms with E-state index in [4.69, 9.17) is 9.97 Å². The van der Waals surface area contributed by atoms with Crippen molar-refractivity contribution in [2.24, 2.45) is 0 Å². The Bertz CT molecular complexity index is 3100. The van der Waals surface area contributed by atoms with Gasteiger partial charge in [0.2, 0.25) is 5.95 Å². The zero-order valence-corrected chi connectivity index (χ0v) is 26.7. The van der Waals surface area contributed by atoms with Crippen LogP contribution in [0, 0.1) is 0 Å². The fraction of sp³-hybridized carbons (Fsp3) is 0. The van der Waals surface area contributed by atoms with Crippen molar-refractivity contribution < 1.29 is 0 Å². The monoisotopic (exact) mass is 638 g/mol. The number of nitrogens with zero attached hydrogens (tertiary/aromatic N) is 4. The van der Waals surface area contributed by atoms with Crippen molar-refractivity contribution in [2.75, 3.05) is 0 Å². The number of fused-ring (bicyclic) bond motifs is 6. The molecule has 0 spiro atoms. The van der Waals surface area contributed by atoms with Crippen LogP contribution in [0.25, 0.3) is 99.5 Å². The van der Waals surface area contributed by atoms with E-state index in [9.17, 15) is 4.79 Å². The summed E-state index contributed by atoms with van der Waals surface area (Å²) in [6, 6.07) is 54.0. The van der Waals surface area contributed by atoms with Gasteiger partial charge in [0.15, 0.2) is 5.65 Å². The second-order valence-electron chi connectivity index (χ2n) is 12.9. The van der Waals surface area contributed by atoms with Crippen molar-refractivity contribution in [3.63, 3.8) is 0 Å². The van der Waals surface area contributed by atoms with E-state index in [1.165, 1.54) is 43.8 Å². The molecule has 0 unspecified atom stereocenters. The van der Waals surface area contributed by atoms with Crippen LogP contribution < -0.4 is 5.56 Å². The van der Waals surface area contributed by atoms with Crippen molar-refractivity contribution in [3.8, 4) is 45.1 Å². The summed E-state index contributed by atoms with van der Waals surface area (Å²) < 4.78 is 3.95. The zero-order chi connectivity index (χ0) is 32.9. The van der Waals surface area contributed by atoms with Gasteiger partial charge < -0.3 is 0 Å². The molecule has 1 aliphatic carbocycles. The van der Waals surface area contributed by atoms with Gasteiger partial charge in [-0.25, -0.2) is 4.98 Å². The Morgan fingerprint density at radius 1 is 0.420 bits per heavy atom. The molecule has 50 heavy (non-hydrogen) atoms. The lowest BCUT2D eigenvalue weighted by atomic mass is 9.93. The van der Waals surface area contributed by atoms with Gasteiger partial charge in [0.05, 0.1) is 27.8 Å². The number of benzene rings is 7. The maximum absolute atomic E-state index is 14.5. The van der Waals surface area contributed by atoms with Crippen LogP contribution in [-0.4, -0.2) is 19.1 Å². The van der Waals surface area contributed by atoms with E-state index in [1.807, 2.05) is 72.8 Å². The Balaban J connectivity index is 1.37. The molecular weight excluding hydrogens is 613 g/mol. The first-order chi connectivity index (χ1) is 24.8. The molecule has 1 aliphatic rings. The minimum absolute atomic E-state index is 0.117. The number of hydrogen-bond acceptors (Lipinski definition) is 3. The van der Waals surface area contributed by atoms with Crippen LogP contribution in [0.2, 0.25) is 0 Å². The third-order valence-electron chi connectivity index (χ3n) is 10.3. The van der Waals surface area contributed by atoms with Gasteiger partial charge in [-0.1, -0.05) is 127 Å². The first-order valence-electron chi connectivity index (χ1n) is 16.8. The van der Waals surface area contributed by atoms with Crippen LogP contribution in [-0.2, 0) is 0 Å². The summed E-state index contributed by atoms with van der Waals surface area (Å²) in [5, 5.41) is 7.06. The van der Waals surface area contributed by atoms with Crippen molar-refractivity contribution >= 4 is 54.4 Å². The van der Waals surface area contributed by atoms with Crippen molar-refractivity contribution in [3.05, 3.63) is 168 Å². The summed E-state index contributed by atoms with van der Waals surface area (Å²) in [4.78, 5) is 25.3. The summed E-state index contributed by atoms with van der Waals surface area (Å²) in [5.41, 5.74) is 9.80. The quantitative estimate of drug-likeness (QED) is 0.181. The summed E-state index contributed by atoms with van der Waals surface area (Å²) in [6.45, 7) is 0. The highest BCUT2D eigenvalue weighted by Gasteiger charge is 2.27. The molecular formula is C45H26N4O. The molecule has 0 fully saturated rings. The van der Waals surface area contributed by atoms with E-state index in [-0.39, 0.29) is 5.56 Å². The first kappa shape index (κ1) is 27.1. The number of para-hydroxylation sites is 1. The fourth-order valence-corrected chi connectivity index (χ4v) is 8.22. The molecule has 0 bridgehead atoms. The molecule has 232 valence electrons. The molecule has 0 N–H and O–H groups in total. The van der Waals surface area contributed by atoms with Gasteiger partial charge in [-0.15, -0.1) is 0 Å². The Kier molecular flexibility index (Phi) is 5.47. The predicted octanol–water partition coefficient (Wildman–Crippen LogP) is 10.5. The van der Waals surface area contributed by atoms with E-state index < -0.39 is 0 Å². The molecule has 0 atom stereocenters. The maximum atomic E-state index is 14.5. The van der Waals surface area contributed by atoms with Crippen LogP contribution in [0.15, 0.2) is 163 Å². The van der Waals surface area contributed by atoms with Crippen LogP contribution in [0.4, 0.5) is 0 Å². The molecule has 0 amide bonds. The molecule has 3 heterocycles. The van der Waals surface area contributed by atoms with Gasteiger partial charge in [0.1, 0.15) is 0 Å². The predicted molar refractivity (Wildman–Crippen MR) is 204 cm³/mol. The fourth-order valence-electron chi connectivity index (χ4n) is 8.22. The normalized spacial score (nSPS) is 12.1. The molecule has 3 aromatic heterocycles. The highest BCUT2D eigenvalue weighted by molar-refractivity contribution is 6.30. The molecule has 10 aromatic rings. The summed E-state index contributed by atoms with van der Waals surface area (Å²) in [6.07, 6.45) is 0. The number of aromatic nitrogens is 4. The standard InChI is InChI=1S/C45H26N4O/c50-44-35-21-10-9-20-34(35)40-42(28-13-3-1-4-14-28)46-45(47-43(40)48(44)29-16-5-2-6-17-29)49-36-24-12-23-33-31-19-8-7-18-30(31)32-22-11-15-27-25-26-37(49)41(38(27)32)39(33)36/h1-26H. The van der Waals surface area contributed by atoms with Crippen LogP contribution in [0.5, 0.6) is 0 Å². The van der Waals surface area contributed by atoms with Crippen LogP contribution in [0.1, 0.15) is 0 Å². The highest BCUT2D eigenvalue weighted by atomic mass is 16.1. The SMILES string of the molecule is O=c1c2ccccc2c2c(-c3ccccc3)nc(-n3c4cccc5c4c4c6c(cccc6ccc43)-c3ccccc3-5)nc2n1-c1ccccc1. The number of hydrogen-bond donors (Lipinski definition) is 0. The topological polar surface area (TPSA) is 52.7 Å². The lowest BCUT2D eigenvalue weighted by molar-refractivity contribution is 0.967. The van der Waals surface area contributed by atoms with Gasteiger partial charge in [0, 0.05) is 27.1 Å².